The topological polar surface area (TPSA) is 75.7 Å². The molecule has 14 heavy (non-hydrogen) atoms. The van der Waals surface area contributed by atoms with E-state index in [1.54, 1.807) is 13.8 Å². The summed E-state index contributed by atoms with van der Waals surface area (Å²) in [7, 11) is 0. The molecule has 0 aromatic carbocycles. The molecular formula is C10H21NO3. The summed E-state index contributed by atoms with van der Waals surface area (Å²) in [5.74, 6) is -0.182. The lowest BCUT2D eigenvalue weighted by atomic mass is 9.68. The minimum atomic E-state index is -1.03. The van der Waals surface area contributed by atoms with E-state index < -0.39 is 11.1 Å². The number of ether oxygens (including phenoxy) is 1. The summed E-state index contributed by atoms with van der Waals surface area (Å²) in [6.07, 6.45) is -0.609. The molecule has 4 heteroatoms. The van der Waals surface area contributed by atoms with Crippen molar-refractivity contribution in [3.63, 3.8) is 0 Å². The summed E-state index contributed by atoms with van der Waals surface area (Å²) in [4.78, 5) is 0. The van der Waals surface area contributed by atoms with E-state index in [9.17, 15) is 5.11 Å². The Morgan fingerprint density at radius 2 is 1.86 bits per heavy atom. The molecule has 1 aliphatic rings. The van der Waals surface area contributed by atoms with Crippen LogP contribution in [0.5, 0.6) is 0 Å². The second-order valence-electron chi connectivity index (χ2n) is 4.72. The van der Waals surface area contributed by atoms with Crippen molar-refractivity contribution in [1.29, 1.82) is 0 Å². The smallest absolute Gasteiger partial charge is 0.0871 e. The first kappa shape index (κ1) is 11.9. The second-order valence-corrected chi connectivity index (χ2v) is 4.72. The summed E-state index contributed by atoms with van der Waals surface area (Å²) in [5.41, 5.74) is 4.23. The third kappa shape index (κ3) is 1.46. The van der Waals surface area contributed by atoms with Gasteiger partial charge in [-0.1, -0.05) is 6.92 Å². The van der Waals surface area contributed by atoms with Gasteiger partial charge in [-0.3, -0.25) is 0 Å². The molecule has 4 nitrogen and oxygen atoms in total. The standard InChI is InChI=1S/C10H21NO3/c1-6-8(5-12)14-7(2)9(3,11)10(6,4)13/h6-8,12-13H,5,11H2,1-4H3. The van der Waals surface area contributed by atoms with Gasteiger partial charge in [0, 0.05) is 5.92 Å². The summed E-state index contributed by atoms with van der Waals surface area (Å²) < 4.78 is 5.56. The predicted octanol–water partition coefficient (Wildman–Crippen LogP) is -0.130. The fraction of sp³-hybridized carbons (Fsp3) is 1.00. The molecule has 0 aromatic rings. The lowest BCUT2D eigenvalue weighted by Crippen LogP contribution is -2.72. The normalized spacial score (nSPS) is 54.6. The predicted molar refractivity (Wildman–Crippen MR) is 53.8 cm³/mol. The molecule has 5 atom stereocenters. The third-order valence-corrected chi connectivity index (χ3v) is 3.94. The lowest BCUT2D eigenvalue weighted by molar-refractivity contribution is -0.221. The molecule has 0 bridgehead atoms. The maximum absolute atomic E-state index is 10.3. The Bertz CT molecular complexity index is 215. The Morgan fingerprint density at radius 3 is 2.29 bits per heavy atom. The van der Waals surface area contributed by atoms with E-state index in [1.165, 1.54) is 0 Å². The van der Waals surface area contributed by atoms with Gasteiger partial charge >= 0.3 is 0 Å². The molecule has 1 aliphatic heterocycles. The van der Waals surface area contributed by atoms with Crippen molar-refractivity contribution < 1.29 is 14.9 Å². The molecule has 1 heterocycles. The second kappa shape index (κ2) is 3.45. The maximum atomic E-state index is 10.3. The molecule has 0 aliphatic carbocycles. The van der Waals surface area contributed by atoms with Crippen LogP contribution < -0.4 is 5.73 Å². The highest BCUT2D eigenvalue weighted by Crippen LogP contribution is 2.39. The Hall–Kier alpha value is -0.160. The molecule has 0 radical (unpaired) electrons. The molecule has 0 spiro atoms. The van der Waals surface area contributed by atoms with Gasteiger partial charge in [-0.15, -0.1) is 0 Å². The molecule has 0 amide bonds. The van der Waals surface area contributed by atoms with Crippen LogP contribution in [0.1, 0.15) is 27.7 Å². The summed E-state index contributed by atoms with van der Waals surface area (Å²) in [6.45, 7) is 7.07. The van der Waals surface area contributed by atoms with Crippen molar-refractivity contribution in [2.24, 2.45) is 11.7 Å². The van der Waals surface area contributed by atoms with E-state index >= 15 is 0 Å². The van der Waals surface area contributed by atoms with Gasteiger partial charge in [-0.05, 0) is 20.8 Å². The Labute approximate surface area is 85.1 Å². The molecule has 1 saturated heterocycles. The Morgan fingerprint density at radius 1 is 1.36 bits per heavy atom. The van der Waals surface area contributed by atoms with Crippen LogP contribution in [0, 0.1) is 5.92 Å². The third-order valence-electron chi connectivity index (χ3n) is 3.94. The first-order valence-electron chi connectivity index (χ1n) is 5.02. The summed E-state index contributed by atoms with van der Waals surface area (Å²) in [5, 5.41) is 19.4. The van der Waals surface area contributed by atoms with Crippen molar-refractivity contribution >= 4 is 0 Å². The van der Waals surface area contributed by atoms with Crippen molar-refractivity contribution in [2.75, 3.05) is 6.61 Å². The molecule has 84 valence electrons. The van der Waals surface area contributed by atoms with Gasteiger partial charge in [-0.2, -0.15) is 0 Å². The molecule has 0 aromatic heterocycles. The van der Waals surface area contributed by atoms with E-state index in [-0.39, 0.29) is 24.7 Å². The lowest BCUT2D eigenvalue weighted by Gasteiger charge is -2.54. The van der Waals surface area contributed by atoms with Crippen molar-refractivity contribution in [2.45, 2.75) is 51.0 Å². The highest BCUT2D eigenvalue weighted by molar-refractivity contribution is 5.09. The van der Waals surface area contributed by atoms with Crippen molar-refractivity contribution in [1.82, 2.24) is 0 Å². The maximum Gasteiger partial charge on any atom is 0.0871 e. The van der Waals surface area contributed by atoms with E-state index in [4.69, 9.17) is 15.6 Å². The van der Waals surface area contributed by atoms with Crippen LogP contribution in [-0.4, -0.2) is 40.2 Å². The minimum Gasteiger partial charge on any atom is -0.394 e. The van der Waals surface area contributed by atoms with E-state index in [2.05, 4.69) is 0 Å². The molecule has 1 rings (SSSR count). The zero-order valence-electron chi connectivity index (χ0n) is 9.32. The summed E-state index contributed by atoms with van der Waals surface area (Å²) in [6, 6.07) is 0. The van der Waals surface area contributed by atoms with Crippen molar-refractivity contribution in [3.05, 3.63) is 0 Å². The van der Waals surface area contributed by atoms with E-state index in [0.29, 0.717) is 0 Å². The van der Waals surface area contributed by atoms with Crippen LogP contribution in [0.3, 0.4) is 0 Å². The molecular weight excluding hydrogens is 182 g/mol. The fourth-order valence-electron chi connectivity index (χ4n) is 1.99. The average molecular weight is 203 g/mol. The van der Waals surface area contributed by atoms with Crippen LogP contribution in [-0.2, 0) is 4.74 Å². The fourth-order valence-corrected chi connectivity index (χ4v) is 1.99. The quantitative estimate of drug-likeness (QED) is 0.555. The van der Waals surface area contributed by atoms with Gasteiger partial charge in [0.25, 0.3) is 0 Å². The molecule has 4 N–H and O–H groups in total. The number of aliphatic hydroxyl groups is 2. The molecule has 0 saturated carbocycles. The van der Waals surface area contributed by atoms with Crippen LogP contribution >= 0.6 is 0 Å². The zero-order valence-corrected chi connectivity index (χ0v) is 9.32. The first-order valence-corrected chi connectivity index (χ1v) is 5.02. The number of hydrogen-bond acceptors (Lipinski definition) is 4. The monoisotopic (exact) mass is 203 g/mol. The Kier molecular flexibility index (Phi) is 2.94. The number of aliphatic hydroxyl groups excluding tert-OH is 1. The van der Waals surface area contributed by atoms with Gasteiger partial charge in [0.1, 0.15) is 0 Å². The minimum absolute atomic E-state index is 0.0856. The summed E-state index contributed by atoms with van der Waals surface area (Å²) >= 11 is 0. The number of nitrogens with two attached hydrogens (primary N) is 1. The van der Waals surface area contributed by atoms with Gasteiger partial charge in [0.2, 0.25) is 0 Å². The Balaban J connectivity index is 2.98. The van der Waals surface area contributed by atoms with Crippen LogP contribution in [0.25, 0.3) is 0 Å². The SMILES string of the molecule is CC1OC(CO)C(C)C(C)(O)C1(C)N. The first-order chi connectivity index (χ1) is 6.25. The highest BCUT2D eigenvalue weighted by Gasteiger charge is 2.54. The van der Waals surface area contributed by atoms with E-state index in [0.717, 1.165) is 0 Å². The van der Waals surface area contributed by atoms with Crippen LogP contribution in [0.15, 0.2) is 0 Å². The number of rotatable bonds is 1. The average Bonchev–Trinajstić information content (AvgIpc) is 2.10. The zero-order chi connectivity index (χ0) is 11.1. The van der Waals surface area contributed by atoms with Gasteiger partial charge in [0.15, 0.2) is 0 Å². The largest absolute Gasteiger partial charge is 0.394 e. The molecule has 1 fully saturated rings. The molecule has 5 unspecified atom stereocenters. The van der Waals surface area contributed by atoms with Gasteiger partial charge in [0.05, 0.1) is 30.0 Å². The van der Waals surface area contributed by atoms with E-state index in [1.807, 2.05) is 13.8 Å². The van der Waals surface area contributed by atoms with Crippen LogP contribution in [0.4, 0.5) is 0 Å². The van der Waals surface area contributed by atoms with Crippen molar-refractivity contribution in [3.8, 4) is 0 Å². The highest BCUT2D eigenvalue weighted by atomic mass is 16.5. The van der Waals surface area contributed by atoms with Gasteiger partial charge < -0.3 is 20.7 Å². The number of hydrogen-bond donors (Lipinski definition) is 3. The van der Waals surface area contributed by atoms with Crippen LogP contribution in [0.2, 0.25) is 0 Å². The van der Waals surface area contributed by atoms with Gasteiger partial charge in [-0.25, -0.2) is 0 Å².